The second-order valence-corrected chi connectivity index (χ2v) is 9.71. The molecule has 168 valence electrons. The molecule has 7 heteroatoms. The first-order chi connectivity index (χ1) is 15.7. The largest absolute Gasteiger partial charge is 0.364 e. The molecule has 2 aliphatic rings. The number of nitrogens with one attached hydrogen (secondary N) is 1. The van der Waals surface area contributed by atoms with E-state index >= 15 is 0 Å². The number of halogens is 2. The number of fused-ring (bicyclic) bond motifs is 1. The third-order valence-corrected chi connectivity index (χ3v) is 7.18. The van der Waals surface area contributed by atoms with Gasteiger partial charge in [-0.25, -0.2) is 9.97 Å². The maximum Gasteiger partial charge on any atom is 0.172 e. The summed E-state index contributed by atoms with van der Waals surface area (Å²) in [5.41, 5.74) is 2.98. The predicted octanol–water partition coefficient (Wildman–Crippen LogP) is 6.00. The molecule has 0 atom stereocenters. The first-order valence-electron chi connectivity index (χ1n) is 11.6. The number of aromatic nitrogens is 2. The third kappa shape index (κ3) is 4.95. The van der Waals surface area contributed by atoms with Crippen LogP contribution in [0.4, 0.5) is 11.6 Å². The molecule has 1 saturated heterocycles. The molecule has 1 saturated carbocycles. The van der Waals surface area contributed by atoms with Gasteiger partial charge in [0.25, 0.3) is 0 Å². The van der Waals surface area contributed by atoms with Crippen LogP contribution < -0.4 is 10.2 Å². The molecule has 3 aromatic rings. The molecular weight excluding hydrogens is 441 g/mol. The van der Waals surface area contributed by atoms with Crippen LogP contribution in [0.2, 0.25) is 10.0 Å². The molecule has 0 bridgehead atoms. The van der Waals surface area contributed by atoms with E-state index in [0.29, 0.717) is 6.04 Å². The topological polar surface area (TPSA) is 44.3 Å². The molecule has 0 spiro atoms. The lowest BCUT2D eigenvalue weighted by Gasteiger charge is -2.36. The van der Waals surface area contributed by atoms with Crippen molar-refractivity contribution in [2.75, 3.05) is 36.4 Å². The molecule has 1 aliphatic carbocycles. The zero-order chi connectivity index (χ0) is 21.9. The van der Waals surface area contributed by atoms with E-state index in [4.69, 9.17) is 33.2 Å². The molecule has 0 unspecified atom stereocenters. The van der Waals surface area contributed by atoms with Crippen LogP contribution in [-0.2, 0) is 6.54 Å². The van der Waals surface area contributed by atoms with E-state index in [2.05, 4.69) is 15.1 Å². The SMILES string of the molecule is Clc1ccc(Cl)c(CN2CCN(c3nc4ccccc4nc3NC3CCCCC3)CC2)c1. The van der Waals surface area contributed by atoms with Gasteiger partial charge in [-0.05, 0) is 48.7 Å². The van der Waals surface area contributed by atoms with Crippen molar-refractivity contribution in [3.05, 3.63) is 58.1 Å². The van der Waals surface area contributed by atoms with Gasteiger partial charge in [-0.3, -0.25) is 4.90 Å². The summed E-state index contributed by atoms with van der Waals surface area (Å²) in [7, 11) is 0. The minimum Gasteiger partial charge on any atom is -0.364 e. The summed E-state index contributed by atoms with van der Waals surface area (Å²) in [6, 6.07) is 14.3. The van der Waals surface area contributed by atoms with Crippen LogP contribution in [-0.4, -0.2) is 47.1 Å². The quantitative estimate of drug-likeness (QED) is 0.495. The summed E-state index contributed by atoms with van der Waals surface area (Å²) in [6.07, 6.45) is 6.34. The first-order valence-corrected chi connectivity index (χ1v) is 12.4. The maximum absolute atomic E-state index is 6.39. The van der Waals surface area contributed by atoms with Crippen molar-refractivity contribution < 1.29 is 0 Å². The normalized spacial score (nSPS) is 18.2. The average Bonchev–Trinajstić information content (AvgIpc) is 2.82. The second-order valence-electron chi connectivity index (χ2n) is 8.86. The lowest BCUT2D eigenvalue weighted by Crippen LogP contribution is -2.46. The van der Waals surface area contributed by atoms with Crippen molar-refractivity contribution in [3.63, 3.8) is 0 Å². The van der Waals surface area contributed by atoms with E-state index in [0.717, 1.165) is 71.0 Å². The van der Waals surface area contributed by atoms with Gasteiger partial charge in [0.05, 0.1) is 11.0 Å². The Bertz CT molecular complexity index is 1080. The zero-order valence-electron chi connectivity index (χ0n) is 18.2. The first kappa shape index (κ1) is 21.7. The highest BCUT2D eigenvalue weighted by molar-refractivity contribution is 6.33. The van der Waals surface area contributed by atoms with Crippen molar-refractivity contribution in [1.82, 2.24) is 14.9 Å². The van der Waals surface area contributed by atoms with Gasteiger partial charge in [0.2, 0.25) is 0 Å². The number of piperazine rings is 1. The Labute approximate surface area is 199 Å². The van der Waals surface area contributed by atoms with Gasteiger partial charge in [0.1, 0.15) is 0 Å². The number of hydrogen-bond acceptors (Lipinski definition) is 5. The minimum atomic E-state index is 0.490. The van der Waals surface area contributed by atoms with Gasteiger partial charge < -0.3 is 10.2 Å². The monoisotopic (exact) mass is 469 g/mol. The van der Waals surface area contributed by atoms with Crippen molar-refractivity contribution in [2.24, 2.45) is 0 Å². The Kier molecular flexibility index (Phi) is 6.67. The molecule has 2 fully saturated rings. The summed E-state index contributed by atoms with van der Waals surface area (Å²) < 4.78 is 0. The summed E-state index contributed by atoms with van der Waals surface area (Å²) >= 11 is 12.6. The molecule has 2 aromatic carbocycles. The molecule has 2 heterocycles. The Hall–Kier alpha value is -2.08. The molecule has 32 heavy (non-hydrogen) atoms. The number of hydrogen-bond donors (Lipinski definition) is 1. The number of benzene rings is 2. The van der Waals surface area contributed by atoms with Crippen LogP contribution in [0.5, 0.6) is 0 Å². The van der Waals surface area contributed by atoms with E-state index in [1.165, 1.54) is 32.1 Å². The van der Waals surface area contributed by atoms with Gasteiger partial charge in [0.15, 0.2) is 11.6 Å². The summed E-state index contributed by atoms with van der Waals surface area (Å²) in [5.74, 6) is 1.91. The van der Waals surface area contributed by atoms with E-state index in [1.807, 2.05) is 42.5 Å². The Balaban J connectivity index is 1.33. The summed E-state index contributed by atoms with van der Waals surface area (Å²) in [6.45, 7) is 4.51. The fourth-order valence-corrected chi connectivity index (χ4v) is 5.14. The van der Waals surface area contributed by atoms with Gasteiger partial charge in [-0.1, -0.05) is 54.6 Å². The highest BCUT2D eigenvalue weighted by Gasteiger charge is 2.24. The maximum atomic E-state index is 6.39. The van der Waals surface area contributed by atoms with Crippen molar-refractivity contribution in [2.45, 2.75) is 44.7 Å². The summed E-state index contributed by atoms with van der Waals surface area (Å²) in [5, 5.41) is 5.25. The second kappa shape index (κ2) is 9.82. The summed E-state index contributed by atoms with van der Waals surface area (Å²) in [4.78, 5) is 14.8. The number of para-hydroxylation sites is 2. The Morgan fingerprint density at radius 2 is 1.59 bits per heavy atom. The smallest absolute Gasteiger partial charge is 0.172 e. The van der Waals surface area contributed by atoms with Crippen LogP contribution in [0.1, 0.15) is 37.7 Å². The van der Waals surface area contributed by atoms with Gasteiger partial charge >= 0.3 is 0 Å². The molecule has 0 amide bonds. The fraction of sp³-hybridized carbons (Fsp3) is 0.440. The van der Waals surface area contributed by atoms with Crippen LogP contribution in [0.25, 0.3) is 11.0 Å². The molecule has 1 N–H and O–H groups in total. The lowest BCUT2D eigenvalue weighted by atomic mass is 9.95. The van der Waals surface area contributed by atoms with Gasteiger partial charge in [-0.15, -0.1) is 0 Å². The van der Waals surface area contributed by atoms with Crippen LogP contribution >= 0.6 is 23.2 Å². The molecule has 1 aliphatic heterocycles. The lowest BCUT2D eigenvalue weighted by molar-refractivity contribution is 0.249. The molecule has 0 radical (unpaired) electrons. The van der Waals surface area contributed by atoms with Crippen LogP contribution in [0, 0.1) is 0 Å². The Morgan fingerprint density at radius 3 is 2.34 bits per heavy atom. The average molecular weight is 470 g/mol. The van der Waals surface area contributed by atoms with E-state index in [1.54, 1.807) is 0 Å². The van der Waals surface area contributed by atoms with Gasteiger partial charge in [0, 0.05) is 48.8 Å². The highest BCUT2D eigenvalue weighted by Crippen LogP contribution is 2.30. The highest BCUT2D eigenvalue weighted by atomic mass is 35.5. The van der Waals surface area contributed by atoms with Crippen LogP contribution in [0.3, 0.4) is 0 Å². The predicted molar refractivity (Wildman–Crippen MR) is 134 cm³/mol. The van der Waals surface area contributed by atoms with E-state index in [9.17, 15) is 0 Å². The zero-order valence-corrected chi connectivity index (χ0v) is 19.7. The van der Waals surface area contributed by atoms with Crippen molar-refractivity contribution in [3.8, 4) is 0 Å². The number of anilines is 2. The third-order valence-electron chi connectivity index (χ3n) is 6.57. The van der Waals surface area contributed by atoms with Gasteiger partial charge in [-0.2, -0.15) is 0 Å². The number of rotatable bonds is 5. The van der Waals surface area contributed by atoms with Crippen molar-refractivity contribution in [1.29, 1.82) is 0 Å². The molecule has 5 nitrogen and oxygen atoms in total. The van der Waals surface area contributed by atoms with Crippen LogP contribution in [0.15, 0.2) is 42.5 Å². The standard InChI is InChI=1S/C25H29Cl2N5/c26-19-10-11-21(27)18(16-19)17-31-12-14-32(15-13-31)25-24(28-20-6-2-1-3-7-20)29-22-8-4-5-9-23(22)30-25/h4-5,8-11,16,20H,1-3,6-7,12-15,17H2,(H,28,29). The van der Waals surface area contributed by atoms with Crippen molar-refractivity contribution >= 4 is 45.9 Å². The molecule has 5 rings (SSSR count). The molecular formula is C25H29Cl2N5. The fourth-order valence-electron chi connectivity index (χ4n) is 4.77. The Morgan fingerprint density at radius 1 is 0.875 bits per heavy atom. The van der Waals surface area contributed by atoms with E-state index < -0.39 is 0 Å². The minimum absolute atomic E-state index is 0.490. The molecule has 1 aromatic heterocycles. The number of nitrogens with zero attached hydrogens (tertiary/aromatic N) is 4. The van der Waals surface area contributed by atoms with E-state index in [-0.39, 0.29) is 0 Å².